The molecule has 1 aliphatic heterocycles. The summed E-state index contributed by atoms with van der Waals surface area (Å²) in [4.78, 5) is 26.9. The second kappa shape index (κ2) is 9.94. The zero-order chi connectivity index (χ0) is 21.6. The molecule has 0 saturated carbocycles. The van der Waals surface area contributed by atoms with Gasteiger partial charge in [-0.25, -0.2) is 4.79 Å². The zero-order valence-electron chi connectivity index (χ0n) is 17.1. The number of carbonyl (C=O) groups is 2. The summed E-state index contributed by atoms with van der Waals surface area (Å²) in [5, 5.41) is 11.1. The number of ketones is 1. The Kier molecular flexibility index (Phi) is 6.84. The fourth-order valence-corrected chi connectivity index (χ4v) is 4.02. The number of amides is 1. The lowest BCUT2D eigenvalue weighted by Crippen LogP contribution is -2.37. The molecule has 1 fully saturated rings. The zero-order valence-corrected chi connectivity index (χ0v) is 17.9. The first-order chi connectivity index (χ1) is 15.1. The number of nitrogens with zero attached hydrogens (tertiary/aromatic N) is 2. The Morgan fingerprint density at radius 3 is 2.71 bits per heavy atom. The quantitative estimate of drug-likeness (QED) is 0.409. The van der Waals surface area contributed by atoms with E-state index in [4.69, 9.17) is 16.3 Å². The van der Waals surface area contributed by atoms with Gasteiger partial charge in [0.25, 0.3) is 0 Å². The molecule has 1 saturated heterocycles. The number of aromatic amines is 1. The third-order valence-corrected chi connectivity index (χ3v) is 5.88. The molecule has 3 aromatic rings. The van der Waals surface area contributed by atoms with Crippen molar-refractivity contribution in [2.45, 2.75) is 19.3 Å². The van der Waals surface area contributed by atoms with Gasteiger partial charge in [0.2, 0.25) is 0 Å². The van der Waals surface area contributed by atoms with Gasteiger partial charge in [-0.2, -0.15) is 5.10 Å². The minimum atomic E-state index is -0.463. The number of rotatable bonds is 7. The number of anilines is 1. The SMILES string of the molecule is O=C(Nc1ccc2[nH]ncc2c1)OCCCN1CCC(C(=O)c2ccc(Cl)cc2)CC1. The van der Waals surface area contributed by atoms with E-state index in [-0.39, 0.29) is 11.7 Å². The molecule has 1 amide bonds. The molecule has 0 atom stereocenters. The molecule has 2 aromatic carbocycles. The summed E-state index contributed by atoms with van der Waals surface area (Å²) in [5.41, 5.74) is 2.32. The molecule has 0 radical (unpaired) electrons. The third-order valence-electron chi connectivity index (χ3n) is 5.63. The minimum absolute atomic E-state index is 0.0621. The summed E-state index contributed by atoms with van der Waals surface area (Å²) in [6.45, 7) is 2.95. The first-order valence-electron chi connectivity index (χ1n) is 10.5. The normalized spacial score (nSPS) is 15.1. The van der Waals surface area contributed by atoms with Gasteiger partial charge in [0.1, 0.15) is 0 Å². The fraction of sp³-hybridized carbons (Fsp3) is 0.348. The fourth-order valence-electron chi connectivity index (χ4n) is 3.90. The molecule has 0 unspecified atom stereocenters. The van der Waals surface area contributed by atoms with Crippen molar-refractivity contribution < 1.29 is 14.3 Å². The van der Waals surface area contributed by atoms with E-state index in [0.717, 1.165) is 55.4 Å². The average Bonchev–Trinajstić information content (AvgIpc) is 3.25. The number of hydrogen-bond acceptors (Lipinski definition) is 5. The Bertz CT molecular complexity index is 1040. The van der Waals surface area contributed by atoms with E-state index in [0.29, 0.717) is 17.3 Å². The van der Waals surface area contributed by atoms with Crippen LogP contribution in [0.3, 0.4) is 0 Å². The molecule has 0 aliphatic carbocycles. The summed E-state index contributed by atoms with van der Waals surface area (Å²) in [6, 6.07) is 12.6. The number of nitrogens with one attached hydrogen (secondary N) is 2. The van der Waals surface area contributed by atoms with Gasteiger partial charge in [0.15, 0.2) is 5.78 Å². The lowest BCUT2D eigenvalue weighted by Gasteiger charge is -2.31. The van der Waals surface area contributed by atoms with Gasteiger partial charge in [-0.05, 0) is 74.8 Å². The second-order valence-corrected chi connectivity index (χ2v) is 8.21. The Balaban J connectivity index is 1.13. The predicted molar refractivity (Wildman–Crippen MR) is 121 cm³/mol. The van der Waals surface area contributed by atoms with Crippen LogP contribution in [0.5, 0.6) is 0 Å². The number of ether oxygens (including phenoxy) is 1. The summed E-state index contributed by atoms with van der Waals surface area (Å²) >= 11 is 5.90. The first-order valence-corrected chi connectivity index (χ1v) is 10.9. The summed E-state index contributed by atoms with van der Waals surface area (Å²) < 4.78 is 5.29. The van der Waals surface area contributed by atoms with E-state index in [1.165, 1.54) is 0 Å². The molecule has 4 rings (SSSR count). The second-order valence-electron chi connectivity index (χ2n) is 7.77. The largest absolute Gasteiger partial charge is 0.449 e. The maximum Gasteiger partial charge on any atom is 0.411 e. The van der Waals surface area contributed by atoms with Crippen molar-refractivity contribution in [1.82, 2.24) is 15.1 Å². The van der Waals surface area contributed by atoms with Crippen LogP contribution in [0.4, 0.5) is 10.5 Å². The topological polar surface area (TPSA) is 87.3 Å². The molecule has 1 aromatic heterocycles. The van der Waals surface area contributed by atoms with Gasteiger partial charge in [0.05, 0.1) is 18.3 Å². The highest BCUT2D eigenvalue weighted by Gasteiger charge is 2.25. The number of piperidine rings is 1. The van der Waals surface area contributed by atoms with E-state index >= 15 is 0 Å². The molecule has 0 spiro atoms. The molecular formula is C23H25ClN4O3. The molecule has 1 aliphatic rings. The lowest BCUT2D eigenvalue weighted by molar-refractivity contribution is 0.0830. The van der Waals surface area contributed by atoms with Crippen molar-refractivity contribution >= 4 is 40.1 Å². The van der Waals surface area contributed by atoms with Crippen molar-refractivity contribution in [1.29, 1.82) is 0 Å². The summed E-state index contributed by atoms with van der Waals surface area (Å²) in [7, 11) is 0. The molecule has 2 N–H and O–H groups in total. The monoisotopic (exact) mass is 440 g/mol. The van der Waals surface area contributed by atoms with Crippen molar-refractivity contribution in [2.24, 2.45) is 5.92 Å². The molecule has 7 nitrogen and oxygen atoms in total. The predicted octanol–water partition coefficient (Wildman–Crippen LogP) is 4.75. The van der Waals surface area contributed by atoms with E-state index in [1.807, 2.05) is 12.1 Å². The number of fused-ring (bicyclic) bond motifs is 1. The van der Waals surface area contributed by atoms with Gasteiger partial charge in [-0.1, -0.05) is 11.6 Å². The van der Waals surface area contributed by atoms with Gasteiger partial charge in [0, 0.05) is 34.1 Å². The van der Waals surface area contributed by atoms with Crippen LogP contribution >= 0.6 is 11.6 Å². The lowest BCUT2D eigenvalue weighted by atomic mass is 9.89. The number of benzene rings is 2. The van der Waals surface area contributed by atoms with E-state index in [1.54, 1.807) is 36.5 Å². The first kappa shape index (κ1) is 21.3. The van der Waals surface area contributed by atoms with Crippen LogP contribution in [0.25, 0.3) is 10.9 Å². The Morgan fingerprint density at radius 1 is 1.16 bits per heavy atom. The number of likely N-dealkylation sites (tertiary alicyclic amines) is 1. The maximum absolute atomic E-state index is 12.6. The Morgan fingerprint density at radius 2 is 1.94 bits per heavy atom. The minimum Gasteiger partial charge on any atom is -0.449 e. The van der Waals surface area contributed by atoms with Crippen LogP contribution in [0.1, 0.15) is 29.6 Å². The van der Waals surface area contributed by atoms with Gasteiger partial charge >= 0.3 is 6.09 Å². The van der Waals surface area contributed by atoms with Crippen molar-refractivity contribution in [3.05, 3.63) is 59.2 Å². The van der Waals surface area contributed by atoms with Crippen LogP contribution in [0.2, 0.25) is 5.02 Å². The Hall–Kier alpha value is -2.90. The molecule has 162 valence electrons. The van der Waals surface area contributed by atoms with Crippen molar-refractivity contribution in [3.63, 3.8) is 0 Å². The van der Waals surface area contributed by atoms with Crippen molar-refractivity contribution in [3.8, 4) is 0 Å². The van der Waals surface area contributed by atoms with Crippen LogP contribution in [-0.4, -0.2) is 53.2 Å². The van der Waals surface area contributed by atoms with Crippen LogP contribution in [0.15, 0.2) is 48.7 Å². The van der Waals surface area contributed by atoms with E-state index in [2.05, 4.69) is 20.4 Å². The number of aromatic nitrogens is 2. The molecule has 0 bridgehead atoms. The average molecular weight is 441 g/mol. The highest BCUT2D eigenvalue weighted by molar-refractivity contribution is 6.30. The van der Waals surface area contributed by atoms with E-state index in [9.17, 15) is 9.59 Å². The molecule has 2 heterocycles. The third kappa shape index (κ3) is 5.62. The highest BCUT2D eigenvalue weighted by atomic mass is 35.5. The molecular weight excluding hydrogens is 416 g/mol. The highest BCUT2D eigenvalue weighted by Crippen LogP contribution is 2.23. The van der Waals surface area contributed by atoms with Crippen LogP contribution in [-0.2, 0) is 4.74 Å². The van der Waals surface area contributed by atoms with Crippen LogP contribution < -0.4 is 5.32 Å². The smallest absolute Gasteiger partial charge is 0.411 e. The number of Topliss-reactive ketones (excluding diaryl/α,β-unsaturated/α-hetero) is 1. The van der Waals surface area contributed by atoms with Crippen molar-refractivity contribution in [2.75, 3.05) is 31.6 Å². The maximum atomic E-state index is 12.6. The standard InChI is InChI=1S/C23H25ClN4O3/c24-19-4-2-16(3-5-19)22(29)17-8-11-28(12-9-17)10-1-13-31-23(30)26-20-6-7-21-18(14-20)15-25-27-21/h2-7,14-15,17H,1,8-13H2,(H,25,27)(H,26,30). The summed E-state index contributed by atoms with van der Waals surface area (Å²) in [5.74, 6) is 0.261. The number of hydrogen-bond donors (Lipinski definition) is 2. The number of H-pyrrole nitrogens is 1. The number of halogens is 1. The molecule has 31 heavy (non-hydrogen) atoms. The number of carbonyl (C=O) groups excluding carboxylic acids is 2. The Labute approximate surface area is 185 Å². The van der Waals surface area contributed by atoms with E-state index < -0.39 is 6.09 Å². The van der Waals surface area contributed by atoms with Gasteiger partial charge in [-0.15, -0.1) is 0 Å². The van der Waals surface area contributed by atoms with Gasteiger partial charge in [-0.3, -0.25) is 15.2 Å². The van der Waals surface area contributed by atoms with Crippen LogP contribution in [0, 0.1) is 5.92 Å². The summed E-state index contributed by atoms with van der Waals surface area (Å²) in [6.07, 6.45) is 3.69. The van der Waals surface area contributed by atoms with Gasteiger partial charge < -0.3 is 9.64 Å². The molecule has 8 heteroatoms.